The lowest BCUT2D eigenvalue weighted by Crippen LogP contribution is -2.64. The summed E-state index contributed by atoms with van der Waals surface area (Å²) in [6.45, 7) is 9.30. The highest BCUT2D eigenvalue weighted by molar-refractivity contribution is 7.85. The number of hydrogen-bond acceptors (Lipinski definition) is 10. The van der Waals surface area contributed by atoms with Crippen LogP contribution in [0.5, 0.6) is 5.75 Å². The Balaban J connectivity index is 3.62. The quantitative estimate of drug-likeness (QED) is 0.0968. The van der Waals surface area contributed by atoms with Crippen molar-refractivity contribution in [3.8, 4) is 5.75 Å². The summed E-state index contributed by atoms with van der Waals surface area (Å²) in [6, 6.07) is 7.98. The highest BCUT2D eigenvalue weighted by Gasteiger charge is 2.51. The van der Waals surface area contributed by atoms with Gasteiger partial charge in [-0.2, -0.15) is 8.42 Å². The Morgan fingerprint density at radius 3 is 2.03 bits per heavy atom. The van der Waals surface area contributed by atoms with E-state index in [0.717, 1.165) is 6.26 Å². The summed E-state index contributed by atoms with van der Waals surface area (Å²) in [5.74, 6) is 3.73. The Bertz CT molecular complexity index is 1050. The molecule has 0 saturated heterocycles. The van der Waals surface area contributed by atoms with Gasteiger partial charge >= 0.3 is 18.0 Å². The maximum absolute atomic E-state index is 13.7. The number of hydrogen-bond donors (Lipinski definition) is 1. The van der Waals surface area contributed by atoms with Gasteiger partial charge in [-0.15, -0.1) is 11.6 Å². The molecule has 0 aliphatic heterocycles. The molecule has 0 heterocycles. The summed E-state index contributed by atoms with van der Waals surface area (Å²) in [4.78, 5) is 40.1. The van der Waals surface area contributed by atoms with Crippen molar-refractivity contribution in [3.05, 3.63) is 30.3 Å². The number of amides is 1. The van der Waals surface area contributed by atoms with E-state index in [0.29, 0.717) is 5.01 Å². The molecule has 0 aliphatic rings. The summed E-state index contributed by atoms with van der Waals surface area (Å²) in [5, 5.41) is 0.519. The van der Waals surface area contributed by atoms with Crippen LogP contribution in [0.3, 0.4) is 0 Å². The molecule has 0 aliphatic carbocycles. The van der Waals surface area contributed by atoms with Crippen molar-refractivity contribution >= 4 is 39.8 Å². The van der Waals surface area contributed by atoms with Crippen molar-refractivity contribution in [1.29, 1.82) is 0 Å². The van der Waals surface area contributed by atoms with E-state index in [4.69, 9.17) is 35.8 Å². The number of hydrazine groups is 1. The Morgan fingerprint density at radius 2 is 1.55 bits per heavy atom. The summed E-state index contributed by atoms with van der Waals surface area (Å²) < 4.78 is 44.7. The fourth-order valence-corrected chi connectivity index (χ4v) is 4.03. The zero-order chi connectivity index (χ0) is 29.4. The molecule has 0 spiro atoms. The molecule has 11 nitrogen and oxygen atoms in total. The Kier molecular flexibility index (Phi) is 12.0. The molecule has 0 fully saturated rings. The molecule has 1 rings (SSSR count). The van der Waals surface area contributed by atoms with Crippen molar-refractivity contribution in [1.82, 2.24) is 5.01 Å². The molecule has 2 N–H and O–H groups in total. The van der Waals surface area contributed by atoms with Crippen LogP contribution in [0, 0.1) is 5.92 Å². The molecule has 1 unspecified atom stereocenters. The van der Waals surface area contributed by atoms with Gasteiger partial charge in [-0.05, 0) is 66.5 Å². The second kappa shape index (κ2) is 13.6. The number of alkyl halides is 1. The first-order chi connectivity index (χ1) is 17.3. The van der Waals surface area contributed by atoms with Crippen LogP contribution in [0.25, 0.3) is 0 Å². The maximum atomic E-state index is 13.7. The van der Waals surface area contributed by atoms with Gasteiger partial charge < -0.3 is 14.2 Å². The monoisotopic (exact) mass is 578 g/mol. The summed E-state index contributed by atoms with van der Waals surface area (Å²) >= 11 is 5.98. The van der Waals surface area contributed by atoms with Crippen molar-refractivity contribution < 1.29 is 41.2 Å². The fourth-order valence-electron chi connectivity index (χ4n) is 3.38. The summed E-state index contributed by atoms with van der Waals surface area (Å²) in [7, 11) is -3.92. The average molecular weight is 579 g/mol. The van der Waals surface area contributed by atoms with Gasteiger partial charge in [0.1, 0.15) is 17.0 Å². The number of carbonyl (C=O) groups is 3. The molecular formula is C25H39ClN2O9S. The molecule has 2 atom stereocenters. The lowest BCUT2D eigenvalue weighted by molar-refractivity contribution is -0.174. The van der Waals surface area contributed by atoms with Crippen LogP contribution < -0.4 is 10.6 Å². The standard InChI is InChI=1S/C25H39ClN2O9S/c1-23(2,3)36-20(29)18(13-15-26)17-25(14-16-34-38(7,32)33,21(30)37-24(4,5)6)28(27)22(31)35-19-11-9-8-10-12-19/h8-12,18H,13-17,27H2,1-7H3/t18?,25-/m1/s1. The number of nitrogens with two attached hydrogens (primary N) is 1. The second-order valence-corrected chi connectivity index (χ2v) is 12.8. The first-order valence-corrected chi connectivity index (χ1v) is 14.3. The topological polar surface area (TPSA) is 152 Å². The number of carbonyl (C=O) groups excluding carboxylic acids is 3. The Hall–Kier alpha value is -2.41. The molecule has 0 saturated carbocycles. The van der Waals surface area contributed by atoms with Crippen LogP contribution in [-0.4, -0.2) is 66.9 Å². The molecule has 38 heavy (non-hydrogen) atoms. The Labute approximate surface area is 230 Å². The lowest BCUT2D eigenvalue weighted by atomic mass is 9.82. The molecule has 0 radical (unpaired) electrons. The SMILES string of the molecule is CC(C)(C)OC(=O)C(CCCl)C[C@](CCOS(C)(=O)=O)(C(=O)OC(C)(C)C)N(N)C(=O)Oc1ccccc1. The number of para-hydroxylation sites is 1. The first kappa shape index (κ1) is 33.6. The van der Waals surface area contributed by atoms with Gasteiger partial charge in [0.2, 0.25) is 0 Å². The van der Waals surface area contributed by atoms with Gasteiger partial charge in [-0.25, -0.2) is 20.4 Å². The fraction of sp³-hybridized carbons (Fsp3) is 0.640. The van der Waals surface area contributed by atoms with Crippen LogP contribution >= 0.6 is 11.6 Å². The van der Waals surface area contributed by atoms with E-state index in [9.17, 15) is 22.8 Å². The molecule has 13 heteroatoms. The maximum Gasteiger partial charge on any atom is 0.430 e. The normalized spacial score (nSPS) is 14.7. The predicted octanol–water partition coefficient (Wildman–Crippen LogP) is 3.78. The molecule has 1 aromatic carbocycles. The number of halogens is 1. The minimum Gasteiger partial charge on any atom is -0.460 e. The van der Waals surface area contributed by atoms with Crippen molar-refractivity contribution in [2.45, 2.75) is 77.5 Å². The van der Waals surface area contributed by atoms with Crippen LogP contribution in [0.1, 0.15) is 60.8 Å². The van der Waals surface area contributed by atoms with Crippen molar-refractivity contribution in [3.63, 3.8) is 0 Å². The van der Waals surface area contributed by atoms with Gasteiger partial charge in [-0.1, -0.05) is 18.2 Å². The third-order valence-electron chi connectivity index (χ3n) is 4.98. The van der Waals surface area contributed by atoms with Crippen LogP contribution in [0.15, 0.2) is 30.3 Å². The van der Waals surface area contributed by atoms with E-state index < -0.39 is 70.3 Å². The molecule has 0 bridgehead atoms. The third-order valence-corrected chi connectivity index (χ3v) is 5.79. The van der Waals surface area contributed by atoms with E-state index >= 15 is 0 Å². The van der Waals surface area contributed by atoms with E-state index in [1.807, 2.05) is 0 Å². The number of esters is 2. The molecule has 1 amide bonds. The van der Waals surface area contributed by atoms with Gasteiger partial charge in [0, 0.05) is 12.3 Å². The summed E-state index contributed by atoms with van der Waals surface area (Å²) in [5.41, 5.74) is -3.99. The van der Waals surface area contributed by atoms with Crippen molar-refractivity contribution in [2.75, 3.05) is 18.7 Å². The van der Waals surface area contributed by atoms with Crippen LogP contribution in [-0.2, 0) is 33.4 Å². The zero-order valence-corrected chi connectivity index (χ0v) is 24.6. The highest BCUT2D eigenvalue weighted by Crippen LogP contribution is 2.34. The molecule has 1 aromatic rings. The van der Waals surface area contributed by atoms with Gasteiger partial charge in [-0.3, -0.25) is 8.98 Å². The summed E-state index contributed by atoms with van der Waals surface area (Å²) in [6.07, 6.45) is -1.10. The largest absolute Gasteiger partial charge is 0.460 e. The smallest absolute Gasteiger partial charge is 0.430 e. The zero-order valence-electron chi connectivity index (χ0n) is 23.0. The van der Waals surface area contributed by atoms with Gasteiger partial charge in [0.05, 0.1) is 18.8 Å². The molecular weight excluding hydrogens is 540 g/mol. The van der Waals surface area contributed by atoms with Gasteiger partial charge in [0.15, 0.2) is 5.54 Å². The molecule has 216 valence electrons. The minimum atomic E-state index is -3.92. The van der Waals surface area contributed by atoms with Crippen LogP contribution in [0.4, 0.5) is 4.79 Å². The lowest BCUT2D eigenvalue weighted by Gasteiger charge is -2.41. The predicted molar refractivity (Wildman–Crippen MR) is 142 cm³/mol. The van der Waals surface area contributed by atoms with E-state index in [1.165, 1.54) is 12.1 Å². The van der Waals surface area contributed by atoms with Crippen molar-refractivity contribution in [2.24, 2.45) is 11.8 Å². The van der Waals surface area contributed by atoms with Gasteiger partial charge in [0.25, 0.3) is 10.1 Å². The number of benzene rings is 1. The first-order valence-electron chi connectivity index (χ1n) is 12.0. The van der Waals surface area contributed by atoms with E-state index in [2.05, 4.69) is 0 Å². The van der Waals surface area contributed by atoms with E-state index in [-0.39, 0.29) is 18.1 Å². The van der Waals surface area contributed by atoms with Crippen LogP contribution in [0.2, 0.25) is 0 Å². The third kappa shape index (κ3) is 11.5. The molecule has 0 aromatic heterocycles. The number of rotatable bonds is 12. The number of nitrogens with zero attached hydrogens (tertiary/aromatic N) is 1. The minimum absolute atomic E-state index is 0.0210. The Morgan fingerprint density at radius 1 is 1.00 bits per heavy atom. The average Bonchev–Trinajstić information content (AvgIpc) is 2.74. The highest BCUT2D eigenvalue weighted by atomic mass is 35.5. The second-order valence-electron chi connectivity index (χ2n) is 10.8. The van der Waals surface area contributed by atoms with E-state index in [1.54, 1.807) is 59.7 Å². The number of ether oxygens (including phenoxy) is 3.